The fraction of sp³-hybridized carbons (Fsp3) is 0.593. The molecule has 0 aliphatic heterocycles. The molecular formula is C27H30N2O4S2. The molecule has 0 amide bonds. The topological polar surface area (TPSA) is 97.2 Å². The van der Waals surface area contributed by atoms with Gasteiger partial charge in [0, 0.05) is 30.4 Å². The molecule has 3 fully saturated rings. The Bertz CT molecular complexity index is 1250. The van der Waals surface area contributed by atoms with Gasteiger partial charge in [-0.1, -0.05) is 42.5 Å². The molecular weight excluding hydrogens is 480 g/mol. The minimum absolute atomic E-state index is 0.115. The average molecular weight is 511 g/mol. The zero-order chi connectivity index (χ0) is 24.6. The molecule has 6 nitrogen and oxygen atoms in total. The number of hydrogen-bond acceptors (Lipinski definition) is 8. The Morgan fingerprint density at radius 2 is 2.06 bits per heavy atom. The standard InChI is InChI=1S/C27H30N2O4S2/c1-25-9-7-16(30)12-15(25)5-6-17-18-8-10-27(33,26(18,2)13-20(31)22(17)25)21(32)14-34-24-29-19-4-3-11-28-23(19)35-24/h3-4,11-12,17-18,22,33H,5-10,13-14H2,1-2H3/t17?,18?,22?,25?,26?,27-/m0/s1. The third-order valence-corrected chi connectivity index (χ3v) is 11.9. The first kappa shape index (κ1) is 23.5. The second kappa shape index (κ2) is 8.05. The second-order valence-electron chi connectivity index (χ2n) is 11.3. The van der Waals surface area contributed by atoms with Gasteiger partial charge in [-0.25, -0.2) is 9.97 Å². The van der Waals surface area contributed by atoms with E-state index in [2.05, 4.69) is 16.9 Å². The molecule has 184 valence electrons. The zero-order valence-electron chi connectivity index (χ0n) is 20.1. The summed E-state index contributed by atoms with van der Waals surface area (Å²) in [5.41, 5.74) is -0.569. The highest BCUT2D eigenvalue weighted by Gasteiger charge is 2.68. The van der Waals surface area contributed by atoms with Crippen molar-refractivity contribution in [3.63, 3.8) is 0 Å². The fourth-order valence-electron chi connectivity index (χ4n) is 7.90. The number of rotatable bonds is 4. The van der Waals surface area contributed by atoms with Crippen LogP contribution in [0.5, 0.6) is 0 Å². The quantitative estimate of drug-likeness (QED) is 0.591. The van der Waals surface area contributed by atoms with Crippen molar-refractivity contribution in [3.05, 3.63) is 30.0 Å². The van der Waals surface area contributed by atoms with Gasteiger partial charge in [-0.3, -0.25) is 14.4 Å². The summed E-state index contributed by atoms with van der Waals surface area (Å²) in [6, 6.07) is 3.74. The van der Waals surface area contributed by atoms with Crippen LogP contribution in [0, 0.1) is 28.6 Å². The Hall–Kier alpha value is -1.90. The average Bonchev–Trinajstić information content (AvgIpc) is 3.36. The smallest absolute Gasteiger partial charge is 0.175 e. The van der Waals surface area contributed by atoms with Gasteiger partial charge < -0.3 is 5.11 Å². The van der Waals surface area contributed by atoms with E-state index >= 15 is 0 Å². The number of aromatic nitrogens is 2. The molecule has 1 N–H and O–H groups in total. The minimum Gasteiger partial charge on any atom is -0.381 e. The van der Waals surface area contributed by atoms with E-state index in [1.165, 1.54) is 23.1 Å². The van der Waals surface area contributed by atoms with E-state index < -0.39 is 11.0 Å². The SMILES string of the molecule is CC12CCC(=O)C=C1CCC1C2C(=O)CC2(C)C1CC[C@]2(O)C(=O)CSc1nc2cccnc2s1. The van der Waals surface area contributed by atoms with E-state index in [0.29, 0.717) is 12.8 Å². The summed E-state index contributed by atoms with van der Waals surface area (Å²) in [7, 11) is 0. The Morgan fingerprint density at radius 1 is 1.23 bits per heavy atom. The van der Waals surface area contributed by atoms with Crippen LogP contribution in [-0.2, 0) is 14.4 Å². The first-order valence-electron chi connectivity index (χ1n) is 12.5. The van der Waals surface area contributed by atoms with Crippen LogP contribution in [0.1, 0.15) is 58.8 Å². The van der Waals surface area contributed by atoms with Gasteiger partial charge in [0.15, 0.2) is 15.9 Å². The van der Waals surface area contributed by atoms with Crippen LogP contribution in [-0.4, -0.2) is 43.8 Å². The number of hydrogen-bond donors (Lipinski definition) is 1. The van der Waals surface area contributed by atoms with E-state index in [1.807, 2.05) is 19.1 Å². The number of nitrogens with zero attached hydrogens (tertiary/aromatic N) is 2. The predicted octanol–water partition coefficient (Wildman–Crippen LogP) is 4.79. The Labute approximate surface area is 213 Å². The van der Waals surface area contributed by atoms with Crippen LogP contribution in [0.4, 0.5) is 0 Å². The van der Waals surface area contributed by atoms with Crippen molar-refractivity contribution < 1.29 is 19.5 Å². The number of carbonyl (C=O) groups is 3. The largest absolute Gasteiger partial charge is 0.381 e. The van der Waals surface area contributed by atoms with Crippen LogP contribution >= 0.6 is 23.1 Å². The lowest BCUT2D eigenvalue weighted by atomic mass is 9.46. The summed E-state index contributed by atoms with van der Waals surface area (Å²) in [4.78, 5) is 49.1. The number of aliphatic hydroxyl groups is 1. The van der Waals surface area contributed by atoms with E-state index in [1.54, 1.807) is 12.3 Å². The van der Waals surface area contributed by atoms with Gasteiger partial charge in [0.2, 0.25) is 0 Å². The molecule has 0 saturated heterocycles. The van der Waals surface area contributed by atoms with Crippen molar-refractivity contribution >= 4 is 50.8 Å². The van der Waals surface area contributed by atoms with Gasteiger partial charge in [-0.05, 0) is 67.6 Å². The highest BCUT2D eigenvalue weighted by molar-refractivity contribution is 8.01. The number of carbonyl (C=O) groups excluding carboxylic acids is 3. The number of Topliss-reactive ketones (excluding diaryl/α,β-unsaturated/α-hetero) is 2. The van der Waals surface area contributed by atoms with Crippen LogP contribution in [0.2, 0.25) is 0 Å². The van der Waals surface area contributed by atoms with E-state index in [4.69, 9.17) is 0 Å². The Balaban J connectivity index is 1.25. The number of thiazole rings is 1. The molecule has 0 spiro atoms. The molecule has 2 aromatic rings. The highest BCUT2D eigenvalue weighted by Crippen LogP contribution is 2.66. The lowest BCUT2D eigenvalue weighted by molar-refractivity contribution is -0.167. The first-order valence-corrected chi connectivity index (χ1v) is 14.3. The van der Waals surface area contributed by atoms with Crippen molar-refractivity contribution in [2.24, 2.45) is 28.6 Å². The molecule has 4 aliphatic rings. The molecule has 0 aromatic carbocycles. The summed E-state index contributed by atoms with van der Waals surface area (Å²) >= 11 is 2.80. The van der Waals surface area contributed by atoms with Gasteiger partial charge >= 0.3 is 0 Å². The molecule has 2 heterocycles. The number of allylic oxidation sites excluding steroid dienone is 1. The highest BCUT2D eigenvalue weighted by atomic mass is 32.2. The molecule has 3 saturated carbocycles. The Morgan fingerprint density at radius 3 is 2.86 bits per heavy atom. The van der Waals surface area contributed by atoms with Crippen LogP contribution < -0.4 is 0 Å². The van der Waals surface area contributed by atoms with Gasteiger partial charge in [-0.2, -0.15) is 0 Å². The van der Waals surface area contributed by atoms with Crippen LogP contribution in [0.15, 0.2) is 34.3 Å². The molecule has 35 heavy (non-hydrogen) atoms. The van der Waals surface area contributed by atoms with Gasteiger partial charge in [-0.15, -0.1) is 0 Å². The van der Waals surface area contributed by atoms with Crippen LogP contribution in [0.3, 0.4) is 0 Å². The maximum absolute atomic E-state index is 13.8. The molecule has 4 aliphatic carbocycles. The fourth-order valence-corrected chi connectivity index (χ4v) is 9.85. The van der Waals surface area contributed by atoms with Gasteiger partial charge in [0.1, 0.15) is 21.7 Å². The number of thioether (sulfide) groups is 1. The molecule has 2 aromatic heterocycles. The molecule has 0 bridgehead atoms. The normalized spacial score (nSPS) is 38.6. The van der Waals surface area contributed by atoms with E-state index in [0.717, 1.165) is 45.9 Å². The van der Waals surface area contributed by atoms with Gasteiger partial charge in [0.05, 0.1) is 5.75 Å². The second-order valence-corrected chi connectivity index (χ2v) is 13.5. The lowest BCUT2D eigenvalue weighted by Crippen LogP contribution is -2.60. The van der Waals surface area contributed by atoms with E-state index in [-0.39, 0.29) is 52.7 Å². The molecule has 8 heteroatoms. The number of fused-ring (bicyclic) bond motifs is 6. The third kappa shape index (κ3) is 3.36. The summed E-state index contributed by atoms with van der Waals surface area (Å²) in [5, 5.41) is 11.9. The summed E-state index contributed by atoms with van der Waals surface area (Å²) in [6.07, 6.45) is 7.83. The third-order valence-electron chi connectivity index (χ3n) is 9.74. The molecule has 0 radical (unpaired) electrons. The molecule has 6 atom stereocenters. The van der Waals surface area contributed by atoms with Crippen molar-refractivity contribution in [1.29, 1.82) is 0 Å². The maximum atomic E-state index is 13.8. The monoisotopic (exact) mass is 510 g/mol. The molecule has 6 rings (SSSR count). The van der Waals surface area contributed by atoms with Crippen molar-refractivity contribution in [3.8, 4) is 0 Å². The lowest BCUT2D eigenvalue weighted by Gasteiger charge is -2.57. The van der Waals surface area contributed by atoms with Crippen LogP contribution in [0.25, 0.3) is 10.3 Å². The summed E-state index contributed by atoms with van der Waals surface area (Å²) in [6.45, 7) is 4.14. The zero-order valence-corrected chi connectivity index (χ0v) is 21.7. The van der Waals surface area contributed by atoms with Crippen molar-refractivity contribution in [2.45, 2.75) is 68.7 Å². The maximum Gasteiger partial charge on any atom is 0.175 e. The molecule has 5 unspecified atom stereocenters. The minimum atomic E-state index is -1.50. The van der Waals surface area contributed by atoms with E-state index in [9.17, 15) is 19.5 Å². The van der Waals surface area contributed by atoms with Crippen molar-refractivity contribution in [2.75, 3.05) is 5.75 Å². The summed E-state index contributed by atoms with van der Waals surface area (Å²) < 4.78 is 0.765. The number of ketones is 3. The van der Waals surface area contributed by atoms with Crippen molar-refractivity contribution in [1.82, 2.24) is 9.97 Å². The number of pyridine rings is 1. The first-order chi connectivity index (χ1) is 16.7. The predicted molar refractivity (Wildman–Crippen MR) is 135 cm³/mol. The summed E-state index contributed by atoms with van der Waals surface area (Å²) in [5.74, 6) is 0.439. The van der Waals surface area contributed by atoms with Gasteiger partial charge in [0.25, 0.3) is 0 Å². The Kier molecular flexibility index (Phi) is 5.40.